The van der Waals surface area contributed by atoms with Gasteiger partial charge in [0, 0.05) is 27.7 Å². The standard InChI is InChI=1S/C13H23N5O2/c1-6-7-18(8-10(19)17(3)4)13-11(20-5)12(14-2)15-9-16-13/h9H,6-8H2,1-5H3,(H,14,15,16). The molecular weight excluding hydrogens is 258 g/mol. The summed E-state index contributed by atoms with van der Waals surface area (Å²) in [5.74, 6) is 1.81. The number of anilines is 2. The highest BCUT2D eigenvalue weighted by Gasteiger charge is 2.20. The van der Waals surface area contributed by atoms with Gasteiger partial charge in [-0.3, -0.25) is 4.79 Å². The first-order valence-corrected chi connectivity index (χ1v) is 6.56. The summed E-state index contributed by atoms with van der Waals surface area (Å²) in [5.41, 5.74) is 0. The zero-order chi connectivity index (χ0) is 15.1. The Labute approximate surface area is 119 Å². The molecule has 0 aliphatic carbocycles. The lowest BCUT2D eigenvalue weighted by molar-refractivity contribution is -0.127. The molecule has 1 heterocycles. The van der Waals surface area contributed by atoms with Crippen LogP contribution in [0, 0.1) is 0 Å². The number of likely N-dealkylation sites (N-methyl/N-ethyl adjacent to an activating group) is 1. The highest BCUT2D eigenvalue weighted by atomic mass is 16.5. The summed E-state index contributed by atoms with van der Waals surface area (Å²) in [5, 5.41) is 2.96. The van der Waals surface area contributed by atoms with Crippen LogP contribution in [0.5, 0.6) is 5.75 Å². The molecule has 0 saturated carbocycles. The maximum Gasteiger partial charge on any atom is 0.241 e. The lowest BCUT2D eigenvalue weighted by Gasteiger charge is -2.26. The van der Waals surface area contributed by atoms with Gasteiger partial charge in [0.15, 0.2) is 11.6 Å². The molecule has 20 heavy (non-hydrogen) atoms. The number of aromatic nitrogens is 2. The minimum atomic E-state index is 0.0186. The van der Waals surface area contributed by atoms with Crippen molar-refractivity contribution in [2.75, 3.05) is 51.6 Å². The number of hydrogen-bond acceptors (Lipinski definition) is 6. The Balaban J connectivity index is 3.11. The zero-order valence-corrected chi connectivity index (χ0v) is 12.8. The van der Waals surface area contributed by atoms with Crippen LogP contribution in [0.2, 0.25) is 0 Å². The average molecular weight is 281 g/mol. The molecule has 1 rings (SSSR count). The first kappa shape index (κ1) is 16.0. The van der Waals surface area contributed by atoms with Crippen LogP contribution < -0.4 is 15.0 Å². The Morgan fingerprint density at radius 1 is 1.40 bits per heavy atom. The summed E-state index contributed by atoms with van der Waals surface area (Å²) in [6.07, 6.45) is 2.37. The Bertz CT molecular complexity index is 450. The highest BCUT2D eigenvalue weighted by Crippen LogP contribution is 2.31. The fourth-order valence-corrected chi connectivity index (χ4v) is 1.79. The Hall–Kier alpha value is -2.05. The van der Waals surface area contributed by atoms with E-state index in [1.165, 1.54) is 6.33 Å². The van der Waals surface area contributed by atoms with Crippen LogP contribution >= 0.6 is 0 Å². The molecule has 0 fully saturated rings. The molecule has 7 heteroatoms. The van der Waals surface area contributed by atoms with Crippen molar-refractivity contribution < 1.29 is 9.53 Å². The maximum absolute atomic E-state index is 11.9. The predicted molar refractivity (Wildman–Crippen MR) is 79.3 cm³/mol. The zero-order valence-electron chi connectivity index (χ0n) is 12.8. The molecule has 0 bridgehead atoms. The molecule has 0 aliphatic heterocycles. The largest absolute Gasteiger partial charge is 0.490 e. The van der Waals surface area contributed by atoms with E-state index >= 15 is 0 Å². The third-order valence-electron chi connectivity index (χ3n) is 2.84. The van der Waals surface area contributed by atoms with Crippen molar-refractivity contribution in [2.45, 2.75) is 13.3 Å². The third kappa shape index (κ3) is 3.72. The molecule has 0 spiro atoms. The average Bonchev–Trinajstić information content (AvgIpc) is 2.45. The number of methoxy groups -OCH3 is 1. The van der Waals surface area contributed by atoms with Gasteiger partial charge in [0.05, 0.1) is 13.7 Å². The molecule has 7 nitrogen and oxygen atoms in total. The third-order valence-corrected chi connectivity index (χ3v) is 2.84. The Morgan fingerprint density at radius 2 is 2.10 bits per heavy atom. The number of ether oxygens (including phenoxy) is 1. The van der Waals surface area contributed by atoms with Gasteiger partial charge in [-0.15, -0.1) is 0 Å². The number of carbonyl (C=O) groups is 1. The summed E-state index contributed by atoms with van der Waals surface area (Å²) in [6, 6.07) is 0. The van der Waals surface area contributed by atoms with Crippen molar-refractivity contribution in [3.8, 4) is 5.75 Å². The van der Waals surface area contributed by atoms with Gasteiger partial charge in [0.2, 0.25) is 11.7 Å². The lowest BCUT2D eigenvalue weighted by atomic mass is 10.3. The molecule has 0 aliphatic rings. The van der Waals surface area contributed by atoms with E-state index in [1.807, 2.05) is 4.90 Å². The van der Waals surface area contributed by atoms with Crippen LogP contribution in [-0.2, 0) is 4.79 Å². The number of rotatable bonds is 7. The minimum absolute atomic E-state index is 0.0186. The van der Waals surface area contributed by atoms with E-state index in [9.17, 15) is 4.79 Å². The summed E-state index contributed by atoms with van der Waals surface area (Å²) >= 11 is 0. The molecule has 1 amide bonds. The van der Waals surface area contributed by atoms with Gasteiger partial charge in [-0.1, -0.05) is 6.92 Å². The summed E-state index contributed by atoms with van der Waals surface area (Å²) in [4.78, 5) is 23.8. The van der Waals surface area contributed by atoms with E-state index in [0.717, 1.165) is 13.0 Å². The van der Waals surface area contributed by atoms with Crippen molar-refractivity contribution in [1.82, 2.24) is 14.9 Å². The summed E-state index contributed by atoms with van der Waals surface area (Å²) < 4.78 is 5.38. The van der Waals surface area contributed by atoms with E-state index in [-0.39, 0.29) is 12.5 Å². The fraction of sp³-hybridized carbons (Fsp3) is 0.615. The van der Waals surface area contributed by atoms with Crippen LogP contribution in [0.1, 0.15) is 13.3 Å². The van der Waals surface area contributed by atoms with E-state index in [4.69, 9.17) is 4.74 Å². The minimum Gasteiger partial charge on any atom is -0.490 e. The molecule has 0 atom stereocenters. The van der Waals surface area contributed by atoms with Gasteiger partial charge in [-0.25, -0.2) is 9.97 Å². The van der Waals surface area contributed by atoms with Gasteiger partial charge < -0.3 is 19.9 Å². The van der Waals surface area contributed by atoms with E-state index in [1.54, 1.807) is 33.2 Å². The smallest absolute Gasteiger partial charge is 0.241 e. The van der Waals surface area contributed by atoms with E-state index < -0.39 is 0 Å². The van der Waals surface area contributed by atoms with Crippen molar-refractivity contribution in [1.29, 1.82) is 0 Å². The molecular formula is C13H23N5O2. The molecule has 112 valence electrons. The second-order valence-corrected chi connectivity index (χ2v) is 4.54. The summed E-state index contributed by atoms with van der Waals surface area (Å²) in [7, 11) is 6.82. The molecule has 1 aromatic rings. The lowest BCUT2D eigenvalue weighted by Crippen LogP contribution is -2.37. The van der Waals surface area contributed by atoms with Crippen LogP contribution in [0.15, 0.2) is 6.33 Å². The quantitative estimate of drug-likeness (QED) is 0.798. The first-order valence-electron chi connectivity index (χ1n) is 6.56. The van der Waals surface area contributed by atoms with E-state index in [2.05, 4.69) is 22.2 Å². The van der Waals surface area contributed by atoms with Crippen molar-refractivity contribution in [3.63, 3.8) is 0 Å². The Morgan fingerprint density at radius 3 is 2.60 bits per heavy atom. The summed E-state index contributed by atoms with van der Waals surface area (Å²) in [6.45, 7) is 3.03. The molecule has 0 saturated heterocycles. The molecule has 0 radical (unpaired) electrons. The van der Waals surface area contributed by atoms with Crippen LogP contribution in [0.4, 0.5) is 11.6 Å². The second kappa shape index (κ2) is 7.52. The first-order chi connectivity index (χ1) is 9.54. The topological polar surface area (TPSA) is 70.6 Å². The van der Waals surface area contributed by atoms with Crippen molar-refractivity contribution in [3.05, 3.63) is 6.33 Å². The maximum atomic E-state index is 11.9. The number of nitrogens with one attached hydrogen (secondary N) is 1. The van der Waals surface area contributed by atoms with Crippen molar-refractivity contribution in [2.24, 2.45) is 0 Å². The number of hydrogen-bond donors (Lipinski definition) is 1. The molecule has 0 aromatic carbocycles. The number of amides is 1. The predicted octanol–water partition coefficient (Wildman–Crippen LogP) is 0.831. The van der Waals surface area contributed by atoms with Gasteiger partial charge in [-0.05, 0) is 6.42 Å². The normalized spacial score (nSPS) is 10.1. The second-order valence-electron chi connectivity index (χ2n) is 4.54. The molecule has 1 N–H and O–H groups in total. The SMILES string of the molecule is CCCN(CC(=O)N(C)C)c1ncnc(NC)c1OC. The van der Waals surface area contributed by atoms with Crippen LogP contribution in [0.3, 0.4) is 0 Å². The number of nitrogens with zero attached hydrogens (tertiary/aromatic N) is 4. The van der Waals surface area contributed by atoms with Gasteiger partial charge in [0.1, 0.15) is 6.33 Å². The van der Waals surface area contributed by atoms with Gasteiger partial charge >= 0.3 is 0 Å². The molecule has 0 unspecified atom stereocenters. The van der Waals surface area contributed by atoms with Crippen LogP contribution in [0.25, 0.3) is 0 Å². The van der Waals surface area contributed by atoms with Crippen LogP contribution in [-0.4, -0.2) is 62.1 Å². The van der Waals surface area contributed by atoms with E-state index in [0.29, 0.717) is 17.4 Å². The Kier molecular flexibility index (Phi) is 6.02. The highest BCUT2D eigenvalue weighted by molar-refractivity contribution is 5.81. The van der Waals surface area contributed by atoms with Gasteiger partial charge in [-0.2, -0.15) is 0 Å². The monoisotopic (exact) mass is 281 g/mol. The van der Waals surface area contributed by atoms with Crippen molar-refractivity contribution >= 4 is 17.5 Å². The fourth-order valence-electron chi connectivity index (χ4n) is 1.79. The van der Waals surface area contributed by atoms with Gasteiger partial charge in [0.25, 0.3) is 0 Å². The molecule has 1 aromatic heterocycles. The number of carbonyl (C=O) groups excluding carboxylic acids is 1.